The minimum atomic E-state index is -0.489. The third kappa shape index (κ3) is 3.49. The lowest BCUT2D eigenvalue weighted by atomic mass is 10.2. The van der Waals surface area contributed by atoms with Crippen LogP contribution in [0.3, 0.4) is 0 Å². The molecule has 0 bridgehead atoms. The van der Waals surface area contributed by atoms with E-state index in [2.05, 4.69) is 45.9 Å². The number of carbonyl (C=O) groups is 1. The number of fused-ring (bicyclic) bond motifs is 3. The van der Waals surface area contributed by atoms with Gasteiger partial charge in [-0.2, -0.15) is 0 Å². The first-order valence-corrected chi connectivity index (χ1v) is 10.4. The van der Waals surface area contributed by atoms with Crippen LogP contribution in [0.25, 0.3) is 21.8 Å². The normalized spacial score (nSPS) is 16.4. The maximum absolute atomic E-state index is 12.4. The highest BCUT2D eigenvalue weighted by atomic mass is 16.3. The van der Waals surface area contributed by atoms with Crippen LogP contribution >= 0.6 is 0 Å². The van der Waals surface area contributed by atoms with Crippen molar-refractivity contribution in [3.63, 3.8) is 0 Å². The van der Waals surface area contributed by atoms with Crippen LogP contribution in [-0.2, 0) is 6.54 Å². The summed E-state index contributed by atoms with van der Waals surface area (Å²) in [5.74, 6) is 0.320. The lowest BCUT2D eigenvalue weighted by Gasteiger charge is -2.35. The largest absolute Gasteiger partial charge is 0.459 e. The smallest absolute Gasteiger partial charge is 0.289 e. The molecule has 0 aliphatic carbocycles. The Morgan fingerprint density at radius 1 is 0.867 bits per heavy atom. The predicted molar refractivity (Wildman–Crippen MR) is 117 cm³/mol. The SMILES string of the molecule is O=C(c1ccco1)N1CCN(C[C@@H](O)Cn2c3ccccc3c3ccccc32)CC1. The van der Waals surface area contributed by atoms with E-state index in [9.17, 15) is 9.90 Å². The van der Waals surface area contributed by atoms with Crippen LogP contribution in [-0.4, -0.2) is 64.2 Å². The third-order valence-corrected chi connectivity index (χ3v) is 5.93. The van der Waals surface area contributed by atoms with Gasteiger partial charge in [-0.05, 0) is 24.3 Å². The molecule has 1 N–H and O–H groups in total. The van der Waals surface area contributed by atoms with Crippen LogP contribution in [0.2, 0.25) is 0 Å². The molecule has 0 unspecified atom stereocenters. The molecule has 2 aromatic heterocycles. The Morgan fingerprint density at radius 2 is 1.50 bits per heavy atom. The van der Waals surface area contributed by atoms with Crippen molar-refractivity contribution in [1.82, 2.24) is 14.4 Å². The van der Waals surface area contributed by atoms with Crippen LogP contribution in [0.5, 0.6) is 0 Å². The third-order valence-electron chi connectivity index (χ3n) is 5.93. The molecule has 5 rings (SSSR count). The Bertz CT molecular complexity index is 1100. The summed E-state index contributed by atoms with van der Waals surface area (Å²) >= 11 is 0. The second-order valence-corrected chi connectivity index (χ2v) is 7.87. The summed E-state index contributed by atoms with van der Waals surface area (Å²) in [4.78, 5) is 16.5. The van der Waals surface area contributed by atoms with Crippen LogP contribution < -0.4 is 0 Å². The minimum Gasteiger partial charge on any atom is -0.459 e. The molecule has 1 aliphatic rings. The second-order valence-electron chi connectivity index (χ2n) is 7.87. The number of hydrogen-bond donors (Lipinski definition) is 1. The van der Waals surface area contributed by atoms with Crippen LogP contribution in [0.4, 0.5) is 0 Å². The van der Waals surface area contributed by atoms with E-state index in [1.165, 1.54) is 17.0 Å². The van der Waals surface area contributed by atoms with Gasteiger partial charge < -0.3 is 19.0 Å². The molecule has 0 radical (unpaired) electrons. The zero-order valence-corrected chi connectivity index (χ0v) is 16.8. The molecule has 0 saturated carbocycles. The van der Waals surface area contributed by atoms with Gasteiger partial charge in [0.2, 0.25) is 0 Å². The number of benzene rings is 2. The average molecular weight is 403 g/mol. The summed E-state index contributed by atoms with van der Waals surface area (Å²) < 4.78 is 7.44. The Morgan fingerprint density at radius 3 is 2.10 bits per heavy atom. The van der Waals surface area contributed by atoms with E-state index in [0.29, 0.717) is 31.9 Å². The molecule has 6 nitrogen and oxygen atoms in total. The van der Waals surface area contributed by atoms with Gasteiger partial charge >= 0.3 is 0 Å². The number of carbonyl (C=O) groups excluding carboxylic acids is 1. The molecule has 4 aromatic rings. The van der Waals surface area contributed by atoms with Crippen molar-refractivity contribution in [3.8, 4) is 0 Å². The number of amides is 1. The van der Waals surface area contributed by atoms with Gasteiger partial charge in [-0.1, -0.05) is 36.4 Å². The van der Waals surface area contributed by atoms with Crippen molar-refractivity contribution < 1.29 is 14.3 Å². The Balaban J connectivity index is 1.25. The highest BCUT2D eigenvalue weighted by Crippen LogP contribution is 2.29. The van der Waals surface area contributed by atoms with Crippen molar-refractivity contribution in [2.24, 2.45) is 0 Å². The van der Waals surface area contributed by atoms with E-state index >= 15 is 0 Å². The molecule has 1 aliphatic heterocycles. The van der Waals surface area contributed by atoms with E-state index in [-0.39, 0.29) is 5.91 Å². The molecule has 6 heteroatoms. The Labute approximate surface area is 174 Å². The van der Waals surface area contributed by atoms with Crippen molar-refractivity contribution in [2.45, 2.75) is 12.6 Å². The van der Waals surface area contributed by atoms with Crippen molar-refractivity contribution >= 4 is 27.7 Å². The number of para-hydroxylation sites is 2. The lowest BCUT2D eigenvalue weighted by molar-refractivity contribution is 0.0481. The average Bonchev–Trinajstić information content (AvgIpc) is 3.42. The molecule has 1 fully saturated rings. The Hall–Kier alpha value is -3.09. The van der Waals surface area contributed by atoms with Gasteiger partial charge in [0.25, 0.3) is 5.91 Å². The van der Waals surface area contributed by atoms with Gasteiger partial charge in [0.15, 0.2) is 5.76 Å². The van der Waals surface area contributed by atoms with Gasteiger partial charge in [-0.3, -0.25) is 9.69 Å². The fraction of sp³-hybridized carbons (Fsp3) is 0.292. The number of β-amino-alcohol motifs (C(OH)–C–C–N with tert-alkyl or cyclic N) is 1. The minimum absolute atomic E-state index is 0.0644. The quantitative estimate of drug-likeness (QED) is 0.556. The first-order valence-electron chi connectivity index (χ1n) is 10.4. The first kappa shape index (κ1) is 18.9. The van der Waals surface area contributed by atoms with Crippen molar-refractivity contribution in [2.75, 3.05) is 32.7 Å². The summed E-state index contributed by atoms with van der Waals surface area (Å²) in [7, 11) is 0. The van der Waals surface area contributed by atoms with E-state index < -0.39 is 6.10 Å². The van der Waals surface area contributed by atoms with Gasteiger partial charge in [-0.15, -0.1) is 0 Å². The van der Waals surface area contributed by atoms with Gasteiger partial charge in [0.1, 0.15) is 0 Å². The molecule has 154 valence electrons. The van der Waals surface area contributed by atoms with E-state index in [0.717, 1.165) is 24.1 Å². The van der Waals surface area contributed by atoms with Crippen molar-refractivity contribution in [1.29, 1.82) is 0 Å². The molecule has 2 aromatic carbocycles. The van der Waals surface area contributed by atoms with Crippen LogP contribution in [0.15, 0.2) is 71.3 Å². The standard InChI is InChI=1S/C24H25N3O3/c28-18(16-25-11-13-26(14-12-25)24(29)23-10-5-15-30-23)17-27-21-8-3-1-6-19(21)20-7-2-4-9-22(20)27/h1-10,15,18,28H,11-14,16-17H2/t18-/m1/s1. The highest BCUT2D eigenvalue weighted by Gasteiger charge is 2.25. The molecule has 1 atom stereocenters. The van der Waals surface area contributed by atoms with Crippen LogP contribution in [0.1, 0.15) is 10.6 Å². The number of furan rings is 1. The molecule has 30 heavy (non-hydrogen) atoms. The fourth-order valence-corrected chi connectivity index (χ4v) is 4.46. The zero-order chi connectivity index (χ0) is 20.5. The van der Waals surface area contributed by atoms with Gasteiger partial charge in [-0.25, -0.2) is 0 Å². The van der Waals surface area contributed by atoms with Crippen LogP contribution in [0, 0.1) is 0 Å². The number of piperazine rings is 1. The first-order chi connectivity index (χ1) is 14.7. The van der Waals surface area contributed by atoms with Gasteiger partial charge in [0.05, 0.1) is 18.9 Å². The molecule has 1 amide bonds. The predicted octanol–water partition coefficient (Wildman–Crippen LogP) is 3.21. The zero-order valence-electron chi connectivity index (χ0n) is 16.8. The molecule has 1 saturated heterocycles. The monoisotopic (exact) mass is 403 g/mol. The maximum atomic E-state index is 12.4. The van der Waals surface area contributed by atoms with E-state index in [4.69, 9.17) is 4.42 Å². The summed E-state index contributed by atoms with van der Waals surface area (Å²) in [5, 5.41) is 13.3. The van der Waals surface area contributed by atoms with Gasteiger partial charge in [0, 0.05) is 54.5 Å². The number of aromatic nitrogens is 1. The summed E-state index contributed by atoms with van der Waals surface area (Å²) in [6, 6.07) is 20.1. The number of rotatable bonds is 5. The summed E-state index contributed by atoms with van der Waals surface area (Å²) in [6.07, 6.45) is 1.03. The molecular formula is C24H25N3O3. The molecule has 3 heterocycles. The number of hydrogen-bond acceptors (Lipinski definition) is 4. The summed E-state index contributed by atoms with van der Waals surface area (Å²) in [6.45, 7) is 3.90. The van der Waals surface area contributed by atoms with E-state index in [1.807, 2.05) is 17.0 Å². The highest BCUT2D eigenvalue weighted by molar-refractivity contribution is 6.07. The van der Waals surface area contributed by atoms with Crippen molar-refractivity contribution in [3.05, 3.63) is 72.7 Å². The number of aliphatic hydroxyl groups excluding tert-OH is 1. The number of nitrogens with zero attached hydrogens (tertiary/aromatic N) is 3. The lowest BCUT2D eigenvalue weighted by Crippen LogP contribution is -2.50. The fourth-order valence-electron chi connectivity index (χ4n) is 4.46. The Kier molecular flexibility index (Phi) is 5.02. The second kappa shape index (κ2) is 7.97. The molecular weight excluding hydrogens is 378 g/mol. The maximum Gasteiger partial charge on any atom is 0.289 e. The molecule has 0 spiro atoms. The number of aliphatic hydroxyl groups is 1. The summed E-state index contributed by atoms with van der Waals surface area (Å²) in [5.41, 5.74) is 2.29. The topological polar surface area (TPSA) is 61.9 Å². The van der Waals surface area contributed by atoms with E-state index in [1.54, 1.807) is 12.1 Å².